The van der Waals surface area contributed by atoms with Crippen molar-refractivity contribution in [1.29, 1.82) is 5.26 Å². The van der Waals surface area contributed by atoms with Gasteiger partial charge in [0, 0.05) is 38.1 Å². The van der Waals surface area contributed by atoms with E-state index in [1.165, 1.54) is 0 Å². The number of fused-ring (bicyclic) bond motifs is 4. The Morgan fingerprint density at radius 2 is 2.00 bits per heavy atom. The summed E-state index contributed by atoms with van der Waals surface area (Å²) in [5.74, 6) is 0.857. The predicted octanol–water partition coefficient (Wildman–Crippen LogP) is 1.96. The molecule has 3 aliphatic rings. The van der Waals surface area contributed by atoms with Crippen molar-refractivity contribution in [2.75, 3.05) is 33.7 Å². The lowest BCUT2D eigenvalue weighted by Gasteiger charge is -2.57. The standard InChI is InChI=1S/C22H28N4O2/c1-24(2)14-20-17-10-16(19-8-5-9-21(27)26(19)20)12-25(13-17)22(28)18-7-4-3-6-15(18)11-23/h3-4,6-7,16-17,19-20H,5,8-10,12-14H2,1-2H3/t16-,17+,19+,20+/m1/s1. The molecule has 2 amide bonds. The van der Waals surface area contributed by atoms with Crippen LogP contribution in [0, 0.1) is 23.2 Å². The first-order valence-corrected chi connectivity index (χ1v) is 10.2. The summed E-state index contributed by atoms with van der Waals surface area (Å²) in [7, 11) is 4.09. The highest BCUT2D eigenvalue weighted by Crippen LogP contribution is 2.42. The van der Waals surface area contributed by atoms with Crippen LogP contribution in [0.4, 0.5) is 0 Å². The maximum absolute atomic E-state index is 13.2. The second-order valence-electron chi connectivity index (χ2n) is 8.71. The van der Waals surface area contributed by atoms with Gasteiger partial charge in [-0.15, -0.1) is 0 Å². The number of carbonyl (C=O) groups is 2. The van der Waals surface area contributed by atoms with Gasteiger partial charge in [-0.2, -0.15) is 5.26 Å². The molecular weight excluding hydrogens is 352 g/mol. The van der Waals surface area contributed by atoms with E-state index in [-0.39, 0.29) is 29.8 Å². The van der Waals surface area contributed by atoms with Crippen molar-refractivity contribution in [3.8, 4) is 6.07 Å². The van der Waals surface area contributed by atoms with Crippen molar-refractivity contribution in [1.82, 2.24) is 14.7 Å². The molecule has 0 unspecified atom stereocenters. The molecule has 3 saturated heterocycles. The smallest absolute Gasteiger partial charge is 0.255 e. The van der Waals surface area contributed by atoms with Gasteiger partial charge in [0.15, 0.2) is 0 Å². The molecule has 3 aliphatic heterocycles. The Kier molecular flexibility index (Phi) is 5.11. The third kappa shape index (κ3) is 3.29. The molecule has 6 nitrogen and oxygen atoms in total. The van der Waals surface area contributed by atoms with Gasteiger partial charge in [-0.05, 0) is 57.3 Å². The minimum absolute atomic E-state index is 0.0500. The van der Waals surface area contributed by atoms with Gasteiger partial charge in [0.05, 0.1) is 17.2 Å². The number of hydrogen-bond donors (Lipinski definition) is 0. The number of piperidine rings is 3. The molecule has 4 rings (SSSR count). The lowest BCUT2D eigenvalue weighted by atomic mass is 9.71. The van der Waals surface area contributed by atoms with Crippen LogP contribution in [0.15, 0.2) is 24.3 Å². The van der Waals surface area contributed by atoms with Crippen LogP contribution in [0.2, 0.25) is 0 Å². The second kappa shape index (κ2) is 7.56. The molecule has 0 radical (unpaired) electrons. The number of likely N-dealkylation sites (tertiary alicyclic amines) is 1. The summed E-state index contributed by atoms with van der Waals surface area (Å²) in [5.41, 5.74) is 0.924. The summed E-state index contributed by atoms with van der Waals surface area (Å²) in [6.45, 7) is 2.17. The van der Waals surface area contributed by atoms with Gasteiger partial charge in [0.2, 0.25) is 5.91 Å². The van der Waals surface area contributed by atoms with Crippen LogP contribution in [-0.2, 0) is 4.79 Å². The monoisotopic (exact) mass is 380 g/mol. The lowest BCUT2D eigenvalue weighted by molar-refractivity contribution is -0.152. The van der Waals surface area contributed by atoms with Crippen molar-refractivity contribution in [2.45, 2.75) is 37.8 Å². The van der Waals surface area contributed by atoms with Crippen LogP contribution >= 0.6 is 0 Å². The van der Waals surface area contributed by atoms with Gasteiger partial charge in [-0.25, -0.2) is 0 Å². The fourth-order valence-electron chi connectivity index (χ4n) is 5.49. The first kappa shape index (κ1) is 18.9. The molecule has 0 spiro atoms. The maximum Gasteiger partial charge on any atom is 0.255 e. The van der Waals surface area contributed by atoms with E-state index in [1.807, 2.05) is 25.1 Å². The van der Waals surface area contributed by atoms with E-state index in [4.69, 9.17) is 0 Å². The Morgan fingerprint density at radius 1 is 1.25 bits per heavy atom. The van der Waals surface area contributed by atoms with E-state index in [9.17, 15) is 14.9 Å². The topological polar surface area (TPSA) is 67.6 Å². The first-order valence-electron chi connectivity index (χ1n) is 10.2. The fraction of sp³-hybridized carbons (Fsp3) is 0.591. The van der Waals surface area contributed by atoms with Gasteiger partial charge in [0.1, 0.15) is 0 Å². The van der Waals surface area contributed by atoms with Crippen molar-refractivity contribution in [3.05, 3.63) is 35.4 Å². The van der Waals surface area contributed by atoms with E-state index in [1.54, 1.807) is 18.2 Å². The number of nitriles is 1. The Bertz CT molecular complexity index is 815. The molecule has 1 aromatic carbocycles. The molecule has 0 aliphatic carbocycles. The molecule has 3 fully saturated rings. The van der Waals surface area contributed by atoms with Gasteiger partial charge in [-0.3, -0.25) is 9.59 Å². The Labute approximate surface area is 166 Å². The number of carbonyl (C=O) groups excluding carboxylic acids is 2. The molecular formula is C22H28N4O2. The summed E-state index contributed by atoms with van der Waals surface area (Å²) < 4.78 is 0. The molecule has 28 heavy (non-hydrogen) atoms. The summed E-state index contributed by atoms with van der Waals surface area (Å²) in [6.07, 6.45) is 3.71. The zero-order valence-electron chi connectivity index (χ0n) is 16.7. The fourth-order valence-corrected chi connectivity index (χ4v) is 5.49. The van der Waals surface area contributed by atoms with E-state index in [0.717, 1.165) is 25.8 Å². The zero-order chi connectivity index (χ0) is 19.8. The lowest BCUT2D eigenvalue weighted by Crippen LogP contribution is -2.67. The summed E-state index contributed by atoms with van der Waals surface area (Å²) >= 11 is 0. The van der Waals surface area contributed by atoms with Crippen LogP contribution in [0.1, 0.15) is 41.6 Å². The minimum atomic E-state index is -0.0500. The predicted molar refractivity (Wildman–Crippen MR) is 105 cm³/mol. The molecule has 0 N–H and O–H groups in total. The van der Waals surface area contributed by atoms with Crippen LogP contribution in [-0.4, -0.2) is 72.3 Å². The van der Waals surface area contributed by atoms with Crippen molar-refractivity contribution < 1.29 is 9.59 Å². The molecule has 3 heterocycles. The van der Waals surface area contributed by atoms with E-state index in [0.29, 0.717) is 36.6 Å². The summed E-state index contributed by atoms with van der Waals surface area (Å²) in [5, 5.41) is 9.38. The SMILES string of the molecule is CN(C)C[C@H]1[C@H]2C[C@H](CN(C(=O)c3ccccc3C#N)C2)[C@@H]2CCCC(=O)N21. The quantitative estimate of drug-likeness (QED) is 0.804. The molecule has 4 atom stereocenters. The third-order valence-electron chi connectivity index (χ3n) is 6.61. The van der Waals surface area contributed by atoms with Gasteiger partial charge < -0.3 is 14.7 Å². The highest BCUT2D eigenvalue weighted by atomic mass is 16.2. The van der Waals surface area contributed by atoms with E-state index >= 15 is 0 Å². The Balaban J connectivity index is 1.63. The van der Waals surface area contributed by atoms with Crippen LogP contribution in [0.3, 0.4) is 0 Å². The molecule has 0 aromatic heterocycles. The summed E-state index contributed by atoms with van der Waals surface area (Å²) in [6, 6.07) is 9.60. The van der Waals surface area contributed by atoms with Crippen molar-refractivity contribution >= 4 is 11.8 Å². The molecule has 6 heteroatoms. The second-order valence-corrected chi connectivity index (χ2v) is 8.71. The number of amides is 2. The summed E-state index contributed by atoms with van der Waals surface area (Å²) in [4.78, 5) is 32.3. The molecule has 0 saturated carbocycles. The van der Waals surface area contributed by atoms with Crippen LogP contribution in [0.25, 0.3) is 0 Å². The Morgan fingerprint density at radius 3 is 2.75 bits per heavy atom. The first-order chi connectivity index (χ1) is 13.5. The molecule has 1 aromatic rings. The maximum atomic E-state index is 13.2. The molecule has 2 bridgehead atoms. The van der Waals surface area contributed by atoms with Crippen molar-refractivity contribution in [3.63, 3.8) is 0 Å². The highest BCUT2D eigenvalue weighted by Gasteiger charge is 2.50. The van der Waals surface area contributed by atoms with Gasteiger partial charge in [-0.1, -0.05) is 12.1 Å². The number of benzene rings is 1. The average Bonchev–Trinajstić information content (AvgIpc) is 2.70. The number of hydrogen-bond acceptors (Lipinski definition) is 4. The number of rotatable bonds is 3. The molecule has 148 valence electrons. The average molecular weight is 380 g/mol. The number of likely N-dealkylation sites (N-methyl/N-ethyl adjacent to an activating group) is 1. The van der Waals surface area contributed by atoms with Gasteiger partial charge >= 0.3 is 0 Å². The highest BCUT2D eigenvalue weighted by molar-refractivity contribution is 5.96. The zero-order valence-corrected chi connectivity index (χ0v) is 16.7. The van der Waals surface area contributed by atoms with Gasteiger partial charge in [0.25, 0.3) is 5.91 Å². The van der Waals surface area contributed by atoms with Crippen LogP contribution in [0.5, 0.6) is 0 Å². The minimum Gasteiger partial charge on any atom is -0.338 e. The Hall–Kier alpha value is -2.39. The van der Waals surface area contributed by atoms with Crippen LogP contribution < -0.4 is 0 Å². The van der Waals surface area contributed by atoms with E-state index < -0.39 is 0 Å². The van der Waals surface area contributed by atoms with E-state index in [2.05, 4.69) is 15.9 Å². The van der Waals surface area contributed by atoms with Crippen molar-refractivity contribution in [2.24, 2.45) is 11.8 Å². The third-order valence-corrected chi connectivity index (χ3v) is 6.61. The number of nitrogens with zero attached hydrogens (tertiary/aromatic N) is 4. The normalized spacial score (nSPS) is 29.4. The largest absolute Gasteiger partial charge is 0.338 e.